The van der Waals surface area contributed by atoms with Crippen LogP contribution in [0.15, 0.2) is 22.7 Å². The quantitative estimate of drug-likeness (QED) is 0.757. The first-order valence-corrected chi connectivity index (χ1v) is 7.76. The fourth-order valence-electron chi connectivity index (χ4n) is 2.16. The number of halogens is 2. The van der Waals surface area contributed by atoms with Crippen LogP contribution in [0.4, 0.5) is 0 Å². The number of alkyl halides is 1. The molecule has 1 aromatic rings. The average molecular weight is 377 g/mol. The summed E-state index contributed by atoms with van der Waals surface area (Å²) in [6.07, 6.45) is 1.07. The zero-order valence-electron chi connectivity index (χ0n) is 10.2. The summed E-state index contributed by atoms with van der Waals surface area (Å²) in [5.41, 5.74) is 0.635. The van der Waals surface area contributed by atoms with Crippen molar-refractivity contribution >= 4 is 37.8 Å². The molecule has 2 rings (SSSR count). The highest BCUT2D eigenvalue weighted by Gasteiger charge is 2.27. The first kappa shape index (κ1) is 13.9. The van der Waals surface area contributed by atoms with E-state index < -0.39 is 0 Å². The Labute approximate surface area is 124 Å². The van der Waals surface area contributed by atoms with Crippen molar-refractivity contribution in [1.29, 1.82) is 0 Å². The zero-order chi connectivity index (χ0) is 13.1. The highest BCUT2D eigenvalue weighted by atomic mass is 79.9. The molecule has 0 spiro atoms. The van der Waals surface area contributed by atoms with E-state index in [-0.39, 0.29) is 5.91 Å². The van der Waals surface area contributed by atoms with Crippen molar-refractivity contribution in [3.8, 4) is 5.75 Å². The van der Waals surface area contributed by atoms with Crippen molar-refractivity contribution < 1.29 is 9.53 Å². The molecule has 0 aromatic heterocycles. The van der Waals surface area contributed by atoms with Gasteiger partial charge in [0.15, 0.2) is 0 Å². The van der Waals surface area contributed by atoms with E-state index in [9.17, 15) is 4.79 Å². The van der Waals surface area contributed by atoms with E-state index in [0.717, 1.165) is 29.3 Å². The fourth-order valence-corrected chi connectivity index (χ4v) is 3.02. The van der Waals surface area contributed by atoms with E-state index in [2.05, 4.69) is 31.9 Å². The molecule has 18 heavy (non-hydrogen) atoms. The van der Waals surface area contributed by atoms with Crippen molar-refractivity contribution in [2.75, 3.05) is 25.5 Å². The van der Waals surface area contributed by atoms with Crippen molar-refractivity contribution in [1.82, 2.24) is 4.90 Å². The van der Waals surface area contributed by atoms with E-state index in [1.165, 1.54) is 0 Å². The Morgan fingerprint density at radius 1 is 1.56 bits per heavy atom. The Balaban J connectivity index is 2.19. The third kappa shape index (κ3) is 2.88. The molecule has 1 heterocycles. The fraction of sp³-hybridized carbons (Fsp3) is 0.462. The summed E-state index contributed by atoms with van der Waals surface area (Å²) in [6, 6.07) is 5.51. The summed E-state index contributed by atoms with van der Waals surface area (Å²) in [5, 5.41) is 0.953. The number of methoxy groups -OCH3 is 1. The maximum atomic E-state index is 12.4. The van der Waals surface area contributed by atoms with E-state index in [0.29, 0.717) is 17.2 Å². The Morgan fingerprint density at radius 3 is 2.94 bits per heavy atom. The molecule has 0 saturated carbocycles. The van der Waals surface area contributed by atoms with E-state index in [1.807, 2.05) is 23.1 Å². The maximum Gasteiger partial charge on any atom is 0.257 e. The minimum absolute atomic E-state index is 0.0581. The Kier molecular flexibility index (Phi) is 4.67. The Bertz CT molecular complexity index is 451. The molecule has 1 aromatic carbocycles. The average Bonchev–Trinajstić information content (AvgIpc) is 2.86. The number of hydrogen-bond acceptors (Lipinski definition) is 2. The number of likely N-dealkylation sites (tertiary alicyclic amines) is 1. The lowest BCUT2D eigenvalue weighted by Gasteiger charge is -2.18. The molecule has 1 aliphatic heterocycles. The molecule has 3 nitrogen and oxygen atoms in total. The first-order chi connectivity index (χ1) is 8.65. The molecular formula is C13H15Br2NO2. The van der Waals surface area contributed by atoms with Crippen molar-refractivity contribution in [3.05, 3.63) is 28.2 Å². The molecule has 1 fully saturated rings. The second-order valence-corrected chi connectivity index (χ2v) is 5.97. The molecule has 0 aliphatic carbocycles. The van der Waals surface area contributed by atoms with Crippen LogP contribution in [0.5, 0.6) is 5.75 Å². The van der Waals surface area contributed by atoms with Crippen LogP contribution in [0, 0.1) is 5.92 Å². The van der Waals surface area contributed by atoms with Crippen LogP contribution >= 0.6 is 31.9 Å². The van der Waals surface area contributed by atoms with Crippen LogP contribution in [0.25, 0.3) is 0 Å². The van der Waals surface area contributed by atoms with Gasteiger partial charge in [-0.3, -0.25) is 4.79 Å². The summed E-state index contributed by atoms with van der Waals surface area (Å²) >= 11 is 6.86. The lowest BCUT2D eigenvalue weighted by atomic mass is 10.1. The smallest absolute Gasteiger partial charge is 0.257 e. The van der Waals surface area contributed by atoms with Gasteiger partial charge in [0.05, 0.1) is 12.7 Å². The van der Waals surface area contributed by atoms with Crippen molar-refractivity contribution in [2.24, 2.45) is 5.92 Å². The van der Waals surface area contributed by atoms with Crippen LogP contribution in [0.1, 0.15) is 16.8 Å². The molecule has 98 valence electrons. The standard InChI is InChI=1S/C13H15Br2NO2/c1-18-12-6-10(15)2-3-11(12)13(17)16-5-4-9(7-14)8-16/h2-3,6,9H,4-5,7-8H2,1H3. The molecule has 1 saturated heterocycles. The molecular weight excluding hydrogens is 362 g/mol. The predicted octanol–water partition coefficient (Wildman–Crippen LogP) is 3.31. The second kappa shape index (κ2) is 6.06. The van der Waals surface area contributed by atoms with E-state index >= 15 is 0 Å². The number of amides is 1. The van der Waals surface area contributed by atoms with Gasteiger partial charge in [-0.1, -0.05) is 31.9 Å². The van der Waals surface area contributed by atoms with Crippen LogP contribution in [0.3, 0.4) is 0 Å². The monoisotopic (exact) mass is 375 g/mol. The zero-order valence-corrected chi connectivity index (χ0v) is 13.3. The SMILES string of the molecule is COc1cc(Br)ccc1C(=O)N1CCC(CBr)C1. The topological polar surface area (TPSA) is 29.5 Å². The molecule has 0 bridgehead atoms. The molecule has 1 unspecified atom stereocenters. The van der Waals surface area contributed by atoms with E-state index in [1.54, 1.807) is 7.11 Å². The van der Waals surface area contributed by atoms with Gasteiger partial charge in [0.1, 0.15) is 5.75 Å². The van der Waals surface area contributed by atoms with Gasteiger partial charge >= 0.3 is 0 Å². The number of carbonyl (C=O) groups is 1. The summed E-state index contributed by atoms with van der Waals surface area (Å²) in [4.78, 5) is 14.3. The van der Waals surface area contributed by atoms with Crippen LogP contribution in [-0.4, -0.2) is 36.3 Å². The maximum absolute atomic E-state index is 12.4. The number of benzene rings is 1. The number of nitrogens with zero attached hydrogens (tertiary/aromatic N) is 1. The molecule has 0 N–H and O–H groups in total. The van der Waals surface area contributed by atoms with Gasteiger partial charge in [0, 0.05) is 22.9 Å². The highest BCUT2D eigenvalue weighted by molar-refractivity contribution is 9.10. The highest BCUT2D eigenvalue weighted by Crippen LogP contribution is 2.27. The van der Waals surface area contributed by atoms with E-state index in [4.69, 9.17) is 4.74 Å². The van der Waals surface area contributed by atoms with Gasteiger partial charge < -0.3 is 9.64 Å². The van der Waals surface area contributed by atoms with Crippen LogP contribution in [0.2, 0.25) is 0 Å². The normalized spacial score (nSPS) is 19.1. The van der Waals surface area contributed by atoms with Crippen LogP contribution < -0.4 is 4.74 Å². The second-order valence-electron chi connectivity index (χ2n) is 4.40. The Morgan fingerprint density at radius 2 is 2.33 bits per heavy atom. The predicted molar refractivity (Wildman–Crippen MR) is 78.5 cm³/mol. The summed E-state index contributed by atoms with van der Waals surface area (Å²) in [5.74, 6) is 1.25. The largest absolute Gasteiger partial charge is 0.496 e. The first-order valence-electron chi connectivity index (χ1n) is 5.84. The van der Waals surface area contributed by atoms with Crippen LogP contribution in [-0.2, 0) is 0 Å². The third-order valence-corrected chi connectivity index (χ3v) is 4.59. The molecule has 1 aliphatic rings. The van der Waals surface area contributed by atoms with Crippen molar-refractivity contribution in [2.45, 2.75) is 6.42 Å². The molecule has 1 atom stereocenters. The third-order valence-electron chi connectivity index (χ3n) is 3.19. The van der Waals surface area contributed by atoms with Gasteiger partial charge in [-0.25, -0.2) is 0 Å². The minimum Gasteiger partial charge on any atom is -0.496 e. The Hall–Kier alpha value is -0.550. The van der Waals surface area contributed by atoms with Gasteiger partial charge in [-0.15, -0.1) is 0 Å². The molecule has 0 radical (unpaired) electrons. The molecule has 5 heteroatoms. The number of carbonyl (C=O) groups excluding carboxylic acids is 1. The van der Waals surface area contributed by atoms with Gasteiger partial charge in [0.25, 0.3) is 5.91 Å². The van der Waals surface area contributed by atoms with Gasteiger partial charge in [-0.05, 0) is 30.5 Å². The minimum atomic E-state index is 0.0581. The lowest BCUT2D eigenvalue weighted by molar-refractivity contribution is 0.0785. The van der Waals surface area contributed by atoms with Gasteiger partial charge in [-0.2, -0.15) is 0 Å². The van der Waals surface area contributed by atoms with Crippen molar-refractivity contribution in [3.63, 3.8) is 0 Å². The number of rotatable bonds is 3. The number of ether oxygens (including phenoxy) is 1. The summed E-state index contributed by atoms with van der Waals surface area (Å²) < 4.78 is 6.19. The molecule has 1 amide bonds. The summed E-state index contributed by atoms with van der Waals surface area (Å²) in [6.45, 7) is 1.65. The number of hydrogen-bond donors (Lipinski definition) is 0. The van der Waals surface area contributed by atoms with Gasteiger partial charge in [0.2, 0.25) is 0 Å². The lowest BCUT2D eigenvalue weighted by Crippen LogP contribution is -2.29. The summed E-state index contributed by atoms with van der Waals surface area (Å²) in [7, 11) is 1.59.